The van der Waals surface area contributed by atoms with Crippen LogP contribution >= 0.6 is 0 Å². The van der Waals surface area contributed by atoms with Gasteiger partial charge in [-0.2, -0.15) is 4.98 Å². The molecular weight excluding hydrogens is 272 g/mol. The molecule has 0 radical (unpaired) electrons. The van der Waals surface area contributed by atoms with E-state index in [1.165, 1.54) is 0 Å². The Morgan fingerprint density at radius 3 is 2.86 bits per heavy atom. The van der Waals surface area contributed by atoms with E-state index < -0.39 is 0 Å². The molecule has 7 heteroatoms. The van der Waals surface area contributed by atoms with E-state index in [2.05, 4.69) is 28.9 Å². The fourth-order valence-electron chi connectivity index (χ4n) is 2.53. The molecule has 7 nitrogen and oxygen atoms in total. The number of hydrogen-bond donors (Lipinski definition) is 0. The summed E-state index contributed by atoms with van der Waals surface area (Å²) in [5, 5.41) is 3.84. The number of carbonyl (C=O) groups excluding carboxylic acids is 1. The second-order valence-electron chi connectivity index (χ2n) is 5.86. The maximum atomic E-state index is 12.4. The molecule has 0 N–H and O–H groups in total. The topological polar surface area (TPSA) is 71.7 Å². The lowest BCUT2D eigenvalue weighted by Crippen LogP contribution is -2.56. The minimum Gasteiger partial charge on any atom is -0.377 e. The van der Waals surface area contributed by atoms with Gasteiger partial charge in [0.15, 0.2) is 5.82 Å². The Hall–Kier alpha value is -1.47. The van der Waals surface area contributed by atoms with E-state index in [1.807, 2.05) is 11.8 Å². The summed E-state index contributed by atoms with van der Waals surface area (Å²) in [6.45, 7) is 9.40. The summed E-state index contributed by atoms with van der Waals surface area (Å²) in [5.41, 5.74) is 0. The van der Waals surface area contributed by atoms with Crippen molar-refractivity contribution >= 4 is 5.91 Å². The summed E-state index contributed by atoms with van der Waals surface area (Å²) in [7, 11) is 1.59. The fourth-order valence-corrected chi connectivity index (χ4v) is 2.53. The average molecular weight is 296 g/mol. The molecule has 0 aliphatic carbocycles. The quantitative estimate of drug-likeness (QED) is 0.777. The third kappa shape index (κ3) is 4.01. The molecule has 1 aliphatic rings. The van der Waals surface area contributed by atoms with Crippen LogP contribution < -0.4 is 0 Å². The highest BCUT2D eigenvalue weighted by atomic mass is 16.5. The highest BCUT2D eigenvalue weighted by Crippen LogP contribution is 2.15. The zero-order chi connectivity index (χ0) is 15.4. The third-order valence-corrected chi connectivity index (χ3v) is 3.58. The summed E-state index contributed by atoms with van der Waals surface area (Å²) in [4.78, 5) is 20.6. The van der Waals surface area contributed by atoms with Gasteiger partial charge in [0.1, 0.15) is 6.61 Å². The molecule has 118 valence electrons. The lowest BCUT2D eigenvalue weighted by atomic mass is 10.1. The molecule has 21 heavy (non-hydrogen) atoms. The number of aromatic nitrogens is 2. The Labute approximate surface area is 125 Å². The van der Waals surface area contributed by atoms with Gasteiger partial charge in [0.2, 0.25) is 11.8 Å². The van der Waals surface area contributed by atoms with Crippen molar-refractivity contribution in [3.63, 3.8) is 0 Å². The monoisotopic (exact) mass is 296 g/mol. The predicted molar refractivity (Wildman–Crippen MR) is 76.3 cm³/mol. The molecule has 0 saturated carbocycles. The molecule has 1 saturated heterocycles. The highest BCUT2D eigenvalue weighted by molar-refractivity contribution is 5.82. The number of nitrogens with zero attached hydrogens (tertiary/aromatic N) is 4. The lowest BCUT2D eigenvalue weighted by Gasteiger charge is -2.39. The standard InChI is InChI=1S/C14H24N4O3/c1-10(2)7-18-6-5-17(11(3)14(18)19)8-13-15-12(9-20-4)16-21-13/h10-11H,5-9H2,1-4H3. The SMILES string of the molecule is COCc1noc(CN2CCN(CC(C)C)C(=O)C2C)n1. The summed E-state index contributed by atoms with van der Waals surface area (Å²) in [6.07, 6.45) is 0. The molecule has 1 unspecified atom stereocenters. The highest BCUT2D eigenvalue weighted by Gasteiger charge is 2.32. The van der Waals surface area contributed by atoms with Crippen molar-refractivity contribution in [1.29, 1.82) is 0 Å². The van der Waals surface area contributed by atoms with Crippen LogP contribution in [0.2, 0.25) is 0 Å². The van der Waals surface area contributed by atoms with Crippen molar-refractivity contribution in [2.24, 2.45) is 5.92 Å². The zero-order valence-electron chi connectivity index (χ0n) is 13.2. The Morgan fingerprint density at radius 1 is 1.43 bits per heavy atom. The average Bonchev–Trinajstić information content (AvgIpc) is 2.86. The smallest absolute Gasteiger partial charge is 0.240 e. The van der Waals surface area contributed by atoms with Crippen LogP contribution in [0, 0.1) is 5.92 Å². The summed E-state index contributed by atoms with van der Waals surface area (Å²) >= 11 is 0. The van der Waals surface area contributed by atoms with E-state index in [1.54, 1.807) is 7.11 Å². The molecule has 2 rings (SSSR count). The molecule has 1 aromatic rings. The second kappa shape index (κ2) is 7.00. The van der Waals surface area contributed by atoms with Gasteiger partial charge in [0, 0.05) is 26.7 Å². The first-order valence-corrected chi connectivity index (χ1v) is 7.34. The van der Waals surface area contributed by atoms with E-state index in [9.17, 15) is 4.79 Å². The van der Waals surface area contributed by atoms with Crippen LogP contribution in [-0.4, -0.2) is 58.6 Å². The molecule has 1 fully saturated rings. The Bertz CT molecular complexity index is 475. The molecule has 1 aliphatic heterocycles. The first-order valence-electron chi connectivity index (χ1n) is 7.34. The fraction of sp³-hybridized carbons (Fsp3) is 0.786. The maximum absolute atomic E-state index is 12.4. The van der Waals surface area contributed by atoms with Crippen molar-refractivity contribution in [3.05, 3.63) is 11.7 Å². The number of hydrogen-bond acceptors (Lipinski definition) is 6. The summed E-state index contributed by atoms with van der Waals surface area (Å²) in [5.74, 6) is 1.72. The van der Waals surface area contributed by atoms with Crippen molar-refractivity contribution in [2.45, 2.75) is 40.0 Å². The normalized spacial score (nSPS) is 20.5. The number of rotatable bonds is 6. The van der Waals surface area contributed by atoms with Gasteiger partial charge in [-0.3, -0.25) is 9.69 Å². The van der Waals surface area contributed by atoms with Crippen LogP contribution in [-0.2, 0) is 22.7 Å². The molecule has 1 atom stereocenters. The molecule has 1 aromatic heterocycles. The van der Waals surface area contributed by atoms with Gasteiger partial charge in [-0.25, -0.2) is 0 Å². The van der Waals surface area contributed by atoms with Crippen LogP contribution in [0.3, 0.4) is 0 Å². The zero-order valence-corrected chi connectivity index (χ0v) is 13.2. The maximum Gasteiger partial charge on any atom is 0.240 e. The van der Waals surface area contributed by atoms with E-state index in [4.69, 9.17) is 9.26 Å². The second-order valence-corrected chi connectivity index (χ2v) is 5.86. The minimum atomic E-state index is -0.157. The van der Waals surface area contributed by atoms with Crippen molar-refractivity contribution in [1.82, 2.24) is 19.9 Å². The number of methoxy groups -OCH3 is 1. The molecule has 0 aromatic carbocycles. The molecule has 0 bridgehead atoms. The van der Waals surface area contributed by atoms with Gasteiger partial charge in [0.25, 0.3) is 0 Å². The molecule has 2 heterocycles. The first kappa shape index (κ1) is 15.9. The van der Waals surface area contributed by atoms with Gasteiger partial charge in [-0.05, 0) is 12.8 Å². The molecule has 0 spiro atoms. The van der Waals surface area contributed by atoms with Gasteiger partial charge < -0.3 is 14.2 Å². The van der Waals surface area contributed by atoms with Crippen LogP contribution in [0.1, 0.15) is 32.5 Å². The number of carbonyl (C=O) groups is 1. The largest absolute Gasteiger partial charge is 0.377 e. The number of piperazine rings is 1. The Balaban J connectivity index is 1.94. The lowest BCUT2D eigenvalue weighted by molar-refractivity contribution is -0.142. The number of ether oxygens (including phenoxy) is 1. The van der Waals surface area contributed by atoms with Crippen LogP contribution in [0.4, 0.5) is 0 Å². The summed E-state index contributed by atoms with van der Waals surface area (Å²) in [6, 6.07) is -0.157. The van der Waals surface area contributed by atoms with Gasteiger partial charge in [-0.1, -0.05) is 19.0 Å². The van der Waals surface area contributed by atoms with Crippen molar-refractivity contribution < 1.29 is 14.1 Å². The Kier molecular flexibility index (Phi) is 5.30. The van der Waals surface area contributed by atoms with Crippen molar-refractivity contribution in [2.75, 3.05) is 26.7 Å². The van der Waals surface area contributed by atoms with E-state index in [0.29, 0.717) is 30.8 Å². The first-order chi connectivity index (χ1) is 10.0. The van der Waals surface area contributed by atoms with Crippen molar-refractivity contribution in [3.8, 4) is 0 Å². The van der Waals surface area contributed by atoms with Crippen LogP contribution in [0.5, 0.6) is 0 Å². The van der Waals surface area contributed by atoms with E-state index in [-0.39, 0.29) is 11.9 Å². The molecule has 1 amide bonds. The number of amides is 1. The van der Waals surface area contributed by atoms with E-state index in [0.717, 1.165) is 19.6 Å². The summed E-state index contributed by atoms with van der Waals surface area (Å²) < 4.78 is 10.1. The minimum absolute atomic E-state index is 0.157. The predicted octanol–water partition coefficient (Wildman–Crippen LogP) is 0.905. The van der Waals surface area contributed by atoms with Crippen LogP contribution in [0.25, 0.3) is 0 Å². The van der Waals surface area contributed by atoms with Crippen LogP contribution in [0.15, 0.2) is 4.52 Å². The third-order valence-electron chi connectivity index (χ3n) is 3.58. The molecular formula is C14H24N4O3. The Morgan fingerprint density at radius 2 is 2.19 bits per heavy atom. The van der Waals surface area contributed by atoms with Gasteiger partial charge in [-0.15, -0.1) is 0 Å². The van der Waals surface area contributed by atoms with Gasteiger partial charge in [0.05, 0.1) is 12.6 Å². The van der Waals surface area contributed by atoms with Gasteiger partial charge >= 0.3 is 0 Å². The van der Waals surface area contributed by atoms with E-state index >= 15 is 0 Å².